The molecule has 0 unspecified atom stereocenters. The van der Waals surface area contributed by atoms with Gasteiger partial charge in [0.2, 0.25) is 0 Å². The Balaban J connectivity index is 1.72. The van der Waals surface area contributed by atoms with E-state index in [1.165, 1.54) is 11.3 Å². The van der Waals surface area contributed by atoms with Gasteiger partial charge in [-0.1, -0.05) is 29.3 Å². The molecular weight excluding hydrogens is 371 g/mol. The van der Waals surface area contributed by atoms with Gasteiger partial charge in [-0.05, 0) is 36.6 Å². The third-order valence-electron chi connectivity index (χ3n) is 3.02. The van der Waals surface area contributed by atoms with Crippen molar-refractivity contribution in [1.82, 2.24) is 10.6 Å². The van der Waals surface area contributed by atoms with E-state index in [1.54, 1.807) is 31.2 Å². The number of carbonyl (C=O) groups is 2. The molecule has 0 aliphatic heterocycles. The SMILES string of the molecule is C[C@H](Oc1ccc(Cl)cc1Cl)C(=O)NCCNC(=O)c1cccs1. The summed E-state index contributed by atoms with van der Waals surface area (Å²) < 4.78 is 5.51. The number of ether oxygens (including phenoxy) is 1. The number of rotatable bonds is 7. The van der Waals surface area contributed by atoms with Gasteiger partial charge in [0.1, 0.15) is 5.75 Å². The van der Waals surface area contributed by atoms with Crippen LogP contribution in [-0.4, -0.2) is 31.0 Å². The van der Waals surface area contributed by atoms with Crippen LogP contribution in [0.4, 0.5) is 0 Å². The Hall–Kier alpha value is -1.76. The molecule has 128 valence electrons. The van der Waals surface area contributed by atoms with Crippen LogP contribution in [0, 0.1) is 0 Å². The predicted molar refractivity (Wildman–Crippen MR) is 96.2 cm³/mol. The van der Waals surface area contributed by atoms with E-state index in [0.29, 0.717) is 33.8 Å². The number of halogens is 2. The molecule has 2 rings (SSSR count). The third kappa shape index (κ3) is 5.40. The highest BCUT2D eigenvalue weighted by atomic mass is 35.5. The van der Waals surface area contributed by atoms with Crippen LogP contribution < -0.4 is 15.4 Å². The van der Waals surface area contributed by atoms with Gasteiger partial charge in [0.15, 0.2) is 6.10 Å². The average molecular weight is 387 g/mol. The quantitative estimate of drug-likeness (QED) is 0.716. The molecule has 24 heavy (non-hydrogen) atoms. The first-order valence-electron chi connectivity index (χ1n) is 7.18. The second-order valence-corrected chi connectivity index (χ2v) is 6.65. The van der Waals surface area contributed by atoms with Crippen molar-refractivity contribution in [2.45, 2.75) is 13.0 Å². The monoisotopic (exact) mass is 386 g/mol. The van der Waals surface area contributed by atoms with Crippen LogP contribution in [-0.2, 0) is 4.79 Å². The number of amides is 2. The van der Waals surface area contributed by atoms with Crippen LogP contribution in [0.2, 0.25) is 10.0 Å². The fraction of sp³-hybridized carbons (Fsp3) is 0.250. The Kier molecular flexibility index (Phi) is 6.90. The Morgan fingerprint density at radius 2 is 1.96 bits per heavy atom. The number of thiophene rings is 1. The largest absolute Gasteiger partial charge is 0.479 e. The van der Waals surface area contributed by atoms with Gasteiger partial charge < -0.3 is 15.4 Å². The molecule has 2 aromatic rings. The second-order valence-electron chi connectivity index (χ2n) is 4.86. The summed E-state index contributed by atoms with van der Waals surface area (Å²) in [5.74, 6) is -0.0717. The number of nitrogens with one attached hydrogen (secondary N) is 2. The van der Waals surface area contributed by atoms with Crippen molar-refractivity contribution in [3.8, 4) is 5.75 Å². The van der Waals surface area contributed by atoms with Crippen molar-refractivity contribution in [3.63, 3.8) is 0 Å². The molecule has 0 fully saturated rings. The lowest BCUT2D eigenvalue weighted by molar-refractivity contribution is -0.127. The van der Waals surface area contributed by atoms with E-state index in [4.69, 9.17) is 27.9 Å². The Morgan fingerprint density at radius 3 is 2.62 bits per heavy atom. The molecule has 0 aliphatic rings. The maximum Gasteiger partial charge on any atom is 0.261 e. The van der Waals surface area contributed by atoms with Crippen molar-refractivity contribution >= 4 is 46.4 Å². The summed E-state index contributed by atoms with van der Waals surface area (Å²) in [6.45, 7) is 2.25. The van der Waals surface area contributed by atoms with Crippen molar-refractivity contribution in [2.24, 2.45) is 0 Å². The molecule has 0 saturated carbocycles. The summed E-state index contributed by atoms with van der Waals surface area (Å²) in [5.41, 5.74) is 0. The molecule has 0 bridgehead atoms. The van der Waals surface area contributed by atoms with Crippen molar-refractivity contribution in [2.75, 3.05) is 13.1 Å². The summed E-state index contributed by atoms with van der Waals surface area (Å²) in [7, 11) is 0. The van der Waals surface area contributed by atoms with Gasteiger partial charge >= 0.3 is 0 Å². The highest BCUT2D eigenvalue weighted by Crippen LogP contribution is 2.28. The zero-order chi connectivity index (χ0) is 17.5. The molecule has 1 atom stereocenters. The standard InChI is InChI=1S/C16H16Cl2N2O3S/c1-10(23-13-5-4-11(17)9-12(13)18)15(21)19-6-7-20-16(22)14-3-2-8-24-14/h2-5,8-10H,6-7H2,1H3,(H,19,21)(H,20,22)/t10-/m0/s1. The minimum Gasteiger partial charge on any atom is -0.479 e. The molecule has 2 N–H and O–H groups in total. The van der Waals surface area contributed by atoms with Crippen LogP contribution in [0.25, 0.3) is 0 Å². The topological polar surface area (TPSA) is 67.4 Å². The van der Waals surface area contributed by atoms with E-state index < -0.39 is 6.10 Å². The first kappa shape index (κ1) is 18.6. The Bertz CT molecular complexity index is 707. The van der Waals surface area contributed by atoms with Crippen molar-refractivity contribution < 1.29 is 14.3 Å². The van der Waals surface area contributed by atoms with Crippen molar-refractivity contribution in [1.29, 1.82) is 0 Å². The molecule has 1 aromatic heterocycles. The molecule has 0 radical (unpaired) electrons. The van der Waals surface area contributed by atoms with Gasteiger partial charge in [-0.25, -0.2) is 0 Å². The molecule has 1 heterocycles. The summed E-state index contributed by atoms with van der Waals surface area (Å²) in [6, 6.07) is 8.33. The normalized spacial score (nSPS) is 11.6. The van der Waals surface area contributed by atoms with E-state index in [1.807, 2.05) is 11.4 Å². The average Bonchev–Trinajstić information content (AvgIpc) is 3.08. The second kappa shape index (κ2) is 8.92. The molecule has 0 spiro atoms. The van der Waals surface area contributed by atoms with Gasteiger partial charge in [0.05, 0.1) is 9.90 Å². The Labute approximate surface area is 153 Å². The fourth-order valence-corrected chi connectivity index (χ4v) is 2.91. The summed E-state index contributed by atoms with van der Waals surface area (Å²) in [6.07, 6.45) is -0.725. The van der Waals surface area contributed by atoms with Gasteiger partial charge in [-0.15, -0.1) is 11.3 Å². The highest BCUT2D eigenvalue weighted by Gasteiger charge is 2.16. The lowest BCUT2D eigenvalue weighted by Gasteiger charge is -2.15. The zero-order valence-electron chi connectivity index (χ0n) is 12.8. The summed E-state index contributed by atoms with van der Waals surface area (Å²) >= 11 is 13.2. The molecular formula is C16H16Cl2N2O3S. The minimum atomic E-state index is -0.725. The maximum atomic E-state index is 12.0. The van der Waals surface area contributed by atoms with Crippen LogP contribution in [0.1, 0.15) is 16.6 Å². The molecule has 8 heteroatoms. The molecule has 1 aromatic carbocycles. The van der Waals surface area contributed by atoms with Crippen LogP contribution in [0.3, 0.4) is 0 Å². The van der Waals surface area contributed by atoms with Crippen molar-refractivity contribution in [3.05, 3.63) is 50.6 Å². The van der Waals surface area contributed by atoms with E-state index in [0.717, 1.165) is 0 Å². The van der Waals surface area contributed by atoms with E-state index in [9.17, 15) is 9.59 Å². The van der Waals surface area contributed by atoms with E-state index in [-0.39, 0.29) is 11.8 Å². The minimum absolute atomic E-state index is 0.156. The van der Waals surface area contributed by atoms with Crippen LogP contribution in [0.15, 0.2) is 35.7 Å². The first-order valence-corrected chi connectivity index (χ1v) is 8.82. The Morgan fingerprint density at radius 1 is 1.21 bits per heavy atom. The van der Waals surface area contributed by atoms with Crippen LogP contribution >= 0.6 is 34.5 Å². The molecule has 0 aliphatic carbocycles. The molecule has 0 saturated heterocycles. The van der Waals surface area contributed by atoms with Gasteiger partial charge in [0, 0.05) is 18.1 Å². The predicted octanol–water partition coefficient (Wildman–Crippen LogP) is 3.37. The van der Waals surface area contributed by atoms with Crippen LogP contribution in [0.5, 0.6) is 5.75 Å². The number of hydrogen-bond donors (Lipinski definition) is 2. The van der Waals surface area contributed by atoms with Gasteiger partial charge in [-0.2, -0.15) is 0 Å². The number of carbonyl (C=O) groups excluding carboxylic acids is 2. The first-order chi connectivity index (χ1) is 11.5. The third-order valence-corrected chi connectivity index (χ3v) is 4.42. The summed E-state index contributed by atoms with van der Waals surface area (Å²) in [5, 5.41) is 8.08. The number of hydrogen-bond acceptors (Lipinski definition) is 4. The summed E-state index contributed by atoms with van der Waals surface area (Å²) in [4.78, 5) is 24.3. The lowest BCUT2D eigenvalue weighted by atomic mass is 10.3. The fourth-order valence-electron chi connectivity index (χ4n) is 1.82. The number of benzene rings is 1. The van der Waals surface area contributed by atoms with Gasteiger partial charge in [0.25, 0.3) is 11.8 Å². The molecule has 2 amide bonds. The molecule has 5 nitrogen and oxygen atoms in total. The van der Waals surface area contributed by atoms with E-state index in [2.05, 4.69) is 10.6 Å². The maximum absolute atomic E-state index is 12.0. The lowest BCUT2D eigenvalue weighted by Crippen LogP contribution is -2.40. The zero-order valence-corrected chi connectivity index (χ0v) is 15.2. The van der Waals surface area contributed by atoms with E-state index >= 15 is 0 Å². The smallest absolute Gasteiger partial charge is 0.261 e. The highest BCUT2D eigenvalue weighted by molar-refractivity contribution is 7.12. The van der Waals surface area contributed by atoms with Gasteiger partial charge in [-0.3, -0.25) is 9.59 Å².